The first-order valence-electron chi connectivity index (χ1n) is 11.7. The number of nitrogens with zero attached hydrogens (tertiary/aromatic N) is 7. The standard InChI is InChI=1S/C24H25ClFN7O2/c1-3-35-23(34)32-10-16-8-17(25)4-6-19(16)33-21(15(32)2)28-29-22(33)31-13-24(14-31)11-30(12-24)20-7-5-18(26)9-27-20/h4-9,15H,3,10-14H2,1-2H3. The number of halogens is 2. The van der Waals surface area contributed by atoms with Crippen LogP contribution in [0.25, 0.3) is 5.69 Å². The van der Waals surface area contributed by atoms with Crippen LogP contribution in [0.2, 0.25) is 5.02 Å². The summed E-state index contributed by atoms with van der Waals surface area (Å²) >= 11 is 6.32. The molecule has 1 unspecified atom stereocenters. The van der Waals surface area contributed by atoms with E-state index < -0.39 is 6.09 Å². The molecule has 0 N–H and O–H groups in total. The van der Waals surface area contributed by atoms with E-state index in [1.165, 1.54) is 12.3 Å². The topological polar surface area (TPSA) is 79.6 Å². The second-order valence-corrected chi connectivity index (χ2v) is 9.95. The number of hydrogen-bond donors (Lipinski definition) is 0. The Bertz CT molecular complexity index is 1280. The fourth-order valence-electron chi connectivity index (χ4n) is 5.37. The van der Waals surface area contributed by atoms with E-state index in [9.17, 15) is 9.18 Å². The van der Waals surface area contributed by atoms with Crippen LogP contribution < -0.4 is 9.80 Å². The number of rotatable bonds is 3. The fourth-order valence-corrected chi connectivity index (χ4v) is 5.56. The zero-order chi connectivity index (χ0) is 24.3. The highest BCUT2D eigenvalue weighted by molar-refractivity contribution is 6.30. The molecular weight excluding hydrogens is 473 g/mol. The van der Waals surface area contributed by atoms with Gasteiger partial charge in [0.1, 0.15) is 11.6 Å². The molecule has 1 amide bonds. The van der Waals surface area contributed by atoms with E-state index in [0.29, 0.717) is 24.0 Å². The average Bonchev–Trinajstić information content (AvgIpc) is 3.16. The lowest BCUT2D eigenvalue weighted by molar-refractivity contribution is 0.0888. The summed E-state index contributed by atoms with van der Waals surface area (Å²) < 4.78 is 20.6. The molecule has 2 fully saturated rings. The highest BCUT2D eigenvalue weighted by Gasteiger charge is 2.53. The average molecular weight is 498 g/mol. The van der Waals surface area contributed by atoms with Gasteiger partial charge in [-0.25, -0.2) is 14.2 Å². The summed E-state index contributed by atoms with van der Waals surface area (Å²) in [6.07, 6.45) is 0.861. The largest absolute Gasteiger partial charge is 0.450 e. The van der Waals surface area contributed by atoms with E-state index in [0.717, 1.165) is 49.2 Å². The van der Waals surface area contributed by atoms with Gasteiger partial charge >= 0.3 is 6.09 Å². The maximum atomic E-state index is 13.2. The van der Waals surface area contributed by atoms with Crippen molar-refractivity contribution in [2.75, 3.05) is 42.6 Å². The predicted octanol–water partition coefficient (Wildman–Crippen LogP) is 3.81. The van der Waals surface area contributed by atoms with Gasteiger partial charge in [0, 0.05) is 36.6 Å². The quantitative estimate of drug-likeness (QED) is 0.544. The Morgan fingerprint density at radius 3 is 2.66 bits per heavy atom. The van der Waals surface area contributed by atoms with Crippen LogP contribution in [0.1, 0.15) is 31.3 Å². The van der Waals surface area contributed by atoms with Gasteiger partial charge in [0.15, 0.2) is 5.82 Å². The van der Waals surface area contributed by atoms with Gasteiger partial charge < -0.3 is 14.5 Å². The van der Waals surface area contributed by atoms with Gasteiger partial charge in [-0.05, 0) is 49.7 Å². The molecule has 2 saturated heterocycles. The Kier molecular flexibility index (Phi) is 5.10. The molecule has 35 heavy (non-hydrogen) atoms. The van der Waals surface area contributed by atoms with Crippen molar-refractivity contribution in [2.45, 2.75) is 26.4 Å². The minimum atomic E-state index is -0.393. The predicted molar refractivity (Wildman–Crippen MR) is 128 cm³/mol. The molecule has 3 aliphatic rings. The Labute approximate surface area is 207 Å². The van der Waals surface area contributed by atoms with Crippen LogP contribution in [0.4, 0.5) is 21.0 Å². The molecule has 5 heterocycles. The Morgan fingerprint density at radius 1 is 1.17 bits per heavy atom. The van der Waals surface area contributed by atoms with Gasteiger partial charge in [-0.3, -0.25) is 9.47 Å². The van der Waals surface area contributed by atoms with Crippen LogP contribution in [-0.2, 0) is 11.3 Å². The van der Waals surface area contributed by atoms with Crippen molar-refractivity contribution in [1.82, 2.24) is 24.6 Å². The first-order chi connectivity index (χ1) is 16.9. The van der Waals surface area contributed by atoms with Crippen LogP contribution in [0.5, 0.6) is 0 Å². The highest BCUT2D eigenvalue weighted by Crippen LogP contribution is 2.44. The number of carbonyl (C=O) groups excluding carboxylic acids is 1. The number of fused-ring (bicyclic) bond motifs is 3. The van der Waals surface area contributed by atoms with Gasteiger partial charge in [-0.15, -0.1) is 10.2 Å². The van der Waals surface area contributed by atoms with E-state index in [1.807, 2.05) is 29.7 Å². The summed E-state index contributed by atoms with van der Waals surface area (Å²) in [5.74, 6) is 1.90. The monoisotopic (exact) mass is 497 g/mol. The lowest BCUT2D eigenvalue weighted by Crippen LogP contribution is -2.73. The summed E-state index contributed by atoms with van der Waals surface area (Å²) in [6, 6.07) is 8.50. The molecule has 0 radical (unpaired) electrons. The lowest BCUT2D eigenvalue weighted by Gasteiger charge is -2.60. The second kappa shape index (κ2) is 8.08. The molecule has 1 aromatic carbocycles. The maximum absolute atomic E-state index is 13.2. The van der Waals surface area contributed by atoms with E-state index in [1.54, 1.807) is 17.9 Å². The number of ether oxygens (including phenoxy) is 1. The minimum absolute atomic E-state index is 0.151. The van der Waals surface area contributed by atoms with Crippen LogP contribution in [0, 0.1) is 11.2 Å². The van der Waals surface area contributed by atoms with Crippen LogP contribution in [-0.4, -0.2) is 63.5 Å². The van der Waals surface area contributed by atoms with Crippen molar-refractivity contribution >= 4 is 29.5 Å². The summed E-state index contributed by atoms with van der Waals surface area (Å²) in [6.45, 7) is 7.78. The fraction of sp³-hybridized carbons (Fsp3) is 0.417. The molecule has 0 aliphatic carbocycles. The van der Waals surface area contributed by atoms with Crippen molar-refractivity contribution in [3.8, 4) is 5.69 Å². The molecule has 1 atom stereocenters. The number of amides is 1. The molecule has 0 saturated carbocycles. The Hall–Kier alpha value is -3.40. The molecule has 2 aromatic heterocycles. The van der Waals surface area contributed by atoms with Crippen LogP contribution >= 0.6 is 11.6 Å². The van der Waals surface area contributed by atoms with E-state index >= 15 is 0 Å². The van der Waals surface area contributed by atoms with Crippen molar-refractivity contribution in [1.29, 1.82) is 0 Å². The third-order valence-electron chi connectivity index (χ3n) is 7.06. The molecule has 9 nitrogen and oxygen atoms in total. The molecule has 3 aliphatic heterocycles. The van der Waals surface area contributed by atoms with Crippen LogP contribution in [0.15, 0.2) is 36.5 Å². The first kappa shape index (κ1) is 22.1. The molecule has 11 heteroatoms. The summed E-state index contributed by atoms with van der Waals surface area (Å²) in [7, 11) is 0. The van der Waals surface area contributed by atoms with Crippen molar-refractivity contribution in [2.24, 2.45) is 5.41 Å². The van der Waals surface area contributed by atoms with Gasteiger partial charge in [0.25, 0.3) is 0 Å². The molecule has 6 rings (SSSR count). The maximum Gasteiger partial charge on any atom is 0.410 e. The van der Waals surface area contributed by atoms with E-state index in [2.05, 4.69) is 25.0 Å². The van der Waals surface area contributed by atoms with E-state index in [-0.39, 0.29) is 17.3 Å². The van der Waals surface area contributed by atoms with Crippen molar-refractivity contribution < 1.29 is 13.9 Å². The Balaban J connectivity index is 1.27. The third kappa shape index (κ3) is 3.58. The van der Waals surface area contributed by atoms with Crippen molar-refractivity contribution in [3.63, 3.8) is 0 Å². The number of aromatic nitrogens is 4. The summed E-state index contributed by atoms with van der Waals surface area (Å²) in [5.41, 5.74) is 1.97. The van der Waals surface area contributed by atoms with Gasteiger partial charge in [-0.2, -0.15) is 0 Å². The van der Waals surface area contributed by atoms with Gasteiger partial charge in [-0.1, -0.05) is 11.6 Å². The normalized spacial score (nSPS) is 20.0. The number of hydrogen-bond acceptors (Lipinski definition) is 7. The molecular formula is C24H25ClFN7O2. The number of anilines is 2. The highest BCUT2D eigenvalue weighted by atomic mass is 35.5. The molecule has 0 bridgehead atoms. The first-order valence-corrected chi connectivity index (χ1v) is 12.0. The number of benzene rings is 1. The van der Waals surface area contributed by atoms with E-state index in [4.69, 9.17) is 16.3 Å². The van der Waals surface area contributed by atoms with Gasteiger partial charge in [0.05, 0.1) is 31.1 Å². The summed E-state index contributed by atoms with van der Waals surface area (Å²) in [5, 5.41) is 9.66. The molecule has 3 aromatic rings. The van der Waals surface area contributed by atoms with Crippen LogP contribution in [0.3, 0.4) is 0 Å². The zero-order valence-electron chi connectivity index (χ0n) is 19.5. The number of carbonyl (C=O) groups is 1. The molecule has 1 spiro atoms. The number of pyridine rings is 1. The Morgan fingerprint density at radius 2 is 1.94 bits per heavy atom. The SMILES string of the molecule is CCOC(=O)N1Cc2cc(Cl)ccc2-n2c(nnc2N2CC3(CN(c4ccc(F)cn4)C3)C2)C1C. The summed E-state index contributed by atoms with van der Waals surface area (Å²) in [4.78, 5) is 23.0. The minimum Gasteiger partial charge on any atom is -0.450 e. The third-order valence-corrected chi connectivity index (χ3v) is 7.30. The van der Waals surface area contributed by atoms with Gasteiger partial charge in [0.2, 0.25) is 5.95 Å². The van der Waals surface area contributed by atoms with Crippen molar-refractivity contribution in [3.05, 3.63) is 58.8 Å². The zero-order valence-corrected chi connectivity index (χ0v) is 20.2. The lowest BCUT2D eigenvalue weighted by atomic mass is 9.73. The smallest absolute Gasteiger partial charge is 0.410 e. The second-order valence-electron chi connectivity index (χ2n) is 9.52. The molecule has 182 valence electrons.